The minimum Gasteiger partial charge on any atom is -0.423 e. The van der Waals surface area contributed by atoms with Gasteiger partial charge in [0.15, 0.2) is 0 Å². The predicted molar refractivity (Wildman–Crippen MR) is 77.4 cm³/mol. The topological polar surface area (TPSA) is 68.5 Å². The molecular weight excluding hydrogens is 290 g/mol. The van der Waals surface area contributed by atoms with Gasteiger partial charge in [-0.2, -0.15) is 0 Å². The average Bonchev–Trinajstić information content (AvgIpc) is 3.05. The minimum atomic E-state index is -0.310. The Bertz CT molecular complexity index is 645. The maximum absolute atomic E-state index is 12.7. The van der Waals surface area contributed by atoms with Crippen molar-refractivity contribution >= 4 is 17.2 Å². The van der Waals surface area contributed by atoms with E-state index >= 15 is 0 Å². The van der Waals surface area contributed by atoms with Crippen molar-refractivity contribution < 1.29 is 13.9 Å². The Balaban J connectivity index is 1.88. The first-order valence-corrected chi connectivity index (χ1v) is 7.63. The molecule has 0 saturated carbocycles. The van der Waals surface area contributed by atoms with Gasteiger partial charge in [-0.25, -0.2) is 0 Å². The smallest absolute Gasteiger partial charge is 0.264 e. The highest BCUT2D eigenvalue weighted by Gasteiger charge is 2.33. The number of hydrogen-bond acceptors (Lipinski definition) is 6. The molecule has 112 valence electrons. The fraction of sp³-hybridized carbons (Fsp3) is 0.500. The number of ether oxygens (including phenoxy) is 1. The Morgan fingerprint density at radius 3 is 2.81 bits per heavy atom. The van der Waals surface area contributed by atoms with Gasteiger partial charge in [0.05, 0.1) is 18.1 Å². The van der Waals surface area contributed by atoms with Gasteiger partial charge in [-0.05, 0) is 25.5 Å². The minimum absolute atomic E-state index is 0.000327. The molecule has 1 aliphatic rings. The van der Waals surface area contributed by atoms with Crippen LogP contribution in [0.4, 0.5) is 0 Å². The molecule has 0 aromatic carbocycles. The van der Waals surface area contributed by atoms with Crippen molar-refractivity contribution in [3.8, 4) is 0 Å². The van der Waals surface area contributed by atoms with Gasteiger partial charge >= 0.3 is 0 Å². The molecule has 1 amide bonds. The number of carbonyl (C=O) groups is 1. The lowest BCUT2D eigenvalue weighted by atomic mass is 10.2. The fourth-order valence-electron chi connectivity index (χ4n) is 2.32. The zero-order valence-corrected chi connectivity index (χ0v) is 13.1. The van der Waals surface area contributed by atoms with E-state index in [-0.39, 0.29) is 11.9 Å². The number of carbonyl (C=O) groups excluding carboxylic acids is 1. The number of morpholine rings is 1. The maximum Gasteiger partial charge on any atom is 0.264 e. The first-order valence-electron chi connectivity index (χ1n) is 6.82. The monoisotopic (exact) mass is 307 g/mol. The van der Waals surface area contributed by atoms with Crippen LogP contribution in [0.1, 0.15) is 37.9 Å². The molecular formula is C14H17N3O3S. The molecule has 0 aliphatic carbocycles. The molecule has 3 rings (SSSR count). The highest BCUT2D eigenvalue weighted by Crippen LogP contribution is 2.28. The van der Waals surface area contributed by atoms with Crippen LogP contribution in [-0.2, 0) is 4.74 Å². The van der Waals surface area contributed by atoms with Gasteiger partial charge < -0.3 is 14.1 Å². The Morgan fingerprint density at radius 2 is 2.19 bits per heavy atom. The quantitative estimate of drug-likeness (QED) is 0.851. The second-order valence-electron chi connectivity index (χ2n) is 5.10. The molecule has 0 bridgehead atoms. The molecule has 1 fully saturated rings. The van der Waals surface area contributed by atoms with E-state index in [0.717, 1.165) is 15.3 Å². The number of thiophene rings is 1. The molecule has 1 aliphatic heterocycles. The SMILES string of the molecule is Cc1nnc([C@@H]2COCCN2C(=O)c2cc(C)c(C)s2)o1. The summed E-state index contributed by atoms with van der Waals surface area (Å²) in [5.41, 5.74) is 1.14. The number of aryl methyl sites for hydroxylation is 3. The number of rotatable bonds is 2. The zero-order chi connectivity index (χ0) is 15.0. The number of aromatic nitrogens is 2. The molecule has 2 aromatic heterocycles. The predicted octanol–water partition coefficient (Wildman–Crippen LogP) is 2.27. The van der Waals surface area contributed by atoms with Crippen LogP contribution in [0, 0.1) is 20.8 Å². The zero-order valence-electron chi connectivity index (χ0n) is 12.3. The molecule has 6 nitrogen and oxygen atoms in total. The first kappa shape index (κ1) is 14.2. The summed E-state index contributed by atoms with van der Waals surface area (Å²) < 4.78 is 10.9. The third-order valence-corrected chi connectivity index (χ3v) is 4.73. The van der Waals surface area contributed by atoms with Crippen molar-refractivity contribution in [2.24, 2.45) is 0 Å². The Kier molecular flexibility index (Phi) is 3.77. The molecule has 3 heterocycles. The second kappa shape index (κ2) is 5.57. The summed E-state index contributed by atoms with van der Waals surface area (Å²) in [7, 11) is 0. The number of nitrogens with zero attached hydrogens (tertiary/aromatic N) is 3. The van der Waals surface area contributed by atoms with Crippen LogP contribution >= 0.6 is 11.3 Å². The van der Waals surface area contributed by atoms with E-state index in [4.69, 9.17) is 9.15 Å². The van der Waals surface area contributed by atoms with Crippen molar-refractivity contribution in [3.63, 3.8) is 0 Å². The fourth-order valence-corrected chi connectivity index (χ4v) is 3.31. The molecule has 1 saturated heterocycles. The lowest BCUT2D eigenvalue weighted by molar-refractivity contribution is -0.0104. The van der Waals surface area contributed by atoms with Crippen LogP contribution in [0.15, 0.2) is 10.5 Å². The molecule has 1 atom stereocenters. The van der Waals surface area contributed by atoms with E-state index in [0.29, 0.717) is 31.5 Å². The van der Waals surface area contributed by atoms with E-state index in [9.17, 15) is 4.79 Å². The average molecular weight is 307 g/mol. The normalized spacial score (nSPS) is 19.0. The third-order valence-electron chi connectivity index (χ3n) is 3.59. The number of amides is 1. The Morgan fingerprint density at radius 1 is 1.38 bits per heavy atom. The van der Waals surface area contributed by atoms with Crippen molar-refractivity contribution in [3.05, 3.63) is 33.2 Å². The van der Waals surface area contributed by atoms with E-state index in [2.05, 4.69) is 10.2 Å². The highest BCUT2D eigenvalue weighted by atomic mass is 32.1. The van der Waals surface area contributed by atoms with Gasteiger partial charge in [0.1, 0.15) is 6.04 Å². The van der Waals surface area contributed by atoms with Crippen molar-refractivity contribution in [1.29, 1.82) is 0 Å². The van der Waals surface area contributed by atoms with Crippen LogP contribution in [0.25, 0.3) is 0 Å². The van der Waals surface area contributed by atoms with Crippen molar-refractivity contribution in [2.75, 3.05) is 19.8 Å². The third kappa shape index (κ3) is 2.71. The summed E-state index contributed by atoms with van der Waals surface area (Å²) in [4.78, 5) is 16.4. The van der Waals surface area contributed by atoms with Gasteiger partial charge in [-0.1, -0.05) is 0 Å². The van der Waals surface area contributed by atoms with Crippen LogP contribution in [0.3, 0.4) is 0 Å². The molecule has 7 heteroatoms. The Labute approximate surface area is 126 Å². The van der Waals surface area contributed by atoms with Gasteiger partial charge in [0.2, 0.25) is 11.8 Å². The standard InChI is InChI=1S/C14H17N3O3S/c1-8-6-12(21-9(8)2)14(18)17-4-5-19-7-11(17)13-16-15-10(3)20-13/h6,11H,4-5,7H2,1-3H3/t11-/m0/s1. The molecule has 0 spiro atoms. The van der Waals surface area contributed by atoms with Crippen molar-refractivity contribution in [2.45, 2.75) is 26.8 Å². The van der Waals surface area contributed by atoms with Gasteiger partial charge in [-0.15, -0.1) is 21.5 Å². The summed E-state index contributed by atoms with van der Waals surface area (Å²) >= 11 is 1.52. The van der Waals surface area contributed by atoms with E-state index in [1.54, 1.807) is 11.8 Å². The van der Waals surface area contributed by atoms with Crippen LogP contribution in [0.2, 0.25) is 0 Å². The van der Waals surface area contributed by atoms with Gasteiger partial charge in [0, 0.05) is 18.3 Å². The van der Waals surface area contributed by atoms with E-state index in [1.807, 2.05) is 19.9 Å². The molecule has 0 N–H and O–H groups in total. The lowest BCUT2D eigenvalue weighted by Crippen LogP contribution is -2.43. The lowest BCUT2D eigenvalue weighted by Gasteiger charge is -2.33. The summed E-state index contributed by atoms with van der Waals surface area (Å²) in [6.45, 7) is 7.21. The molecule has 0 unspecified atom stereocenters. The van der Waals surface area contributed by atoms with Crippen LogP contribution in [0.5, 0.6) is 0 Å². The van der Waals surface area contributed by atoms with Crippen molar-refractivity contribution in [1.82, 2.24) is 15.1 Å². The summed E-state index contributed by atoms with van der Waals surface area (Å²) in [5, 5.41) is 7.87. The highest BCUT2D eigenvalue weighted by molar-refractivity contribution is 7.14. The van der Waals surface area contributed by atoms with E-state index < -0.39 is 0 Å². The first-order chi connectivity index (χ1) is 10.1. The van der Waals surface area contributed by atoms with Crippen LogP contribution in [-0.4, -0.2) is 40.8 Å². The maximum atomic E-state index is 12.7. The molecule has 2 aromatic rings. The second-order valence-corrected chi connectivity index (χ2v) is 6.35. The van der Waals surface area contributed by atoms with E-state index in [1.165, 1.54) is 11.3 Å². The van der Waals surface area contributed by atoms with Gasteiger partial charge in [0.25, 0.3) is 5.91 Å². The summed E-state index contributed by atoms with van der Waals surface area (Å²) in [5.74, 6) is 0.927. The van der Waals surface area contributed by atoms with Gasteiger partial charge in [-0.3, -0.25) is 4.79 Å². The molecule has 21 heavy (non-hydrogen) atoms. The number of hydrogen-bond donors (Lipinski definition) is 0. The summed E-state index contributed by atoms with van der Waals surface area (Å²) in [6.07, 6.45) is 0. The Hall–Kier alpha value is -1.73. The summed E-state index contributed by atoms with van der Waals surface area (Å²) in [6, 6.07) is 1.63. The largest absolute Gasteiger partial charge is 0.423 e. The van der Waals surface area contributed by atoms with Crippen LogP contribution < -0.4 is 0 Å². The molecule has 0 radical (unpaired) electrons.